The van der Waals surface area contributed by atoms with Gasteiger partial charge >= 0.3 is 0 Å². The second kappa shape index (κ2) is 7.70. The van der Waals surface area contributed by atoms with Crippen molar-refractivity contribution in [3.8, 4) is 0 Å². The summed E-state index contributed by atoms with van der Waals surface area (Å²) in [6.45, 7) is 9.36. The predicted octanol–water partition coefficient (Wildman–Crippen LogP) is 3.13. The van der Waals surface area contributed by atoms with E-state index in [9.17, 15) is 0 Å². The SMILES string of the molecule is CCCNCC(C)NCc1ccc(C)c(Cl)c1. The van der Waals surface area contributed by atoms with Crippen molar-refractivity contribution in [1.29, 1.82) is 0 Å². The first-order chi connectivity index (χ1) is 8.13. The molecule has 0 fully saturated rings. The molecule has 1 rings (SSSR count). The van der Waals surface area contributed by atoms with Crippen LogP contribution < -0.4 is 10.6 Å². The van der Waals surface area contributed by atoms with Crippen LogP contribution in [0, 0.1) is 6.92 Å². The van der Waals surface area contributed by atoms with Gasteiger partial charge in [0.2, 0.25) is 0 Å². The summed E-state index contributed by atoms with van der Waals surface area (Å²) in [5.41, 5.74) is 2.37. The van der Waals surface area contributed by atoms with Gasteiger partial charge in [-0.15, -0.1) is 0 Å². The Labute approximate surface area is 110 Å². The molecular formula is C14H23ClN2. The van der Waals surface area contributed by atoms with Crippen LogP contribution in [0.1, 0.15) is 31.4 Å². The van der Waals surface area contributed by atoms with Gasteiger partial charge in [0.15, 0.2) is 0 Å². The van der Waals surface area contributed by atoms with E-state index in [2.05, 4.69) is 36.6 Å². The smallest absolute Gasteiger partial charge is 0.0438 e. The molecule has 0 aromatic heterocycles. The van der Waals surface area contributed by atoms with Crippen LogP contribution in [0.2, 0.25) is 5.02 Å². The highest BCUT2D eigenvalue weighted by atomic mass is 35.5. The molecule has 0 saturated carbocycles. The molecule has 0 aliphatic carbocycles. The second-order valence-electron chi connectivity index (χ2n) is 4.57. The van der Waals surface area contributed by atoms with Crippen LogP contribution in [0.3, 0.4) is 0 Å². The molecule has 0 amide bonds. The zero-order valence-corrected chi connectivity index (χ0v) is 11.8. The van der Waals surface area contributed by atoms with Crippen molar-refractivity contribution in [2.45, 2.75) is 39.8 Å². The Kier molecular flexibility index (Phi) is 6.56. The van der Waals surface area contributed by atoms with Crippen molar-refractivity contribution in [3.05, 3.63) is 34.3 Å². The van der Waals surface area contributed by atoms with E-state index in [0.717, 1.165) is 30.2 Å². The van der Waals surface area contributed by atoms with Crippen molar-refractivity contribution in [1.82, 2.24) is 10.6 Å². The van der Waals surface area contributed by atoms with Crippen LogP contribution in [0.5, 0.6) is 0 Å². The molecule has 1 atom stereocenters. The zero-order valence-electron chi connectivity index (χ0n) is 11.0. The molecule has 96 valence electrons. The summed E-state index contributed by atoms with van der Waals surface area (Å²) in [5.74, 6) is 0. The summed E-state index contributed by atoms with van der Waals surface area (Å²) >= 11 is 6.09. The van der Waals surface area contributed by atoms with Gasteiger partial charge in [0.1, 0.15) is 0 Å². The van der Waals surface area contributed by atoms with E-state index < -0.39 is 0 Å². The Hall–Kier alpha value is -0.570. The molecule has 0 aliphatic heterocycles. The fraction of sp³-hybridized carbons (Fsp3) is 0.571. The van der Waals surface area contributed by atoms with Crippen molar-refractivity contribution in [2.75, 3.05) is 13.1 Å². The third kappa shape index (κ3) is 5.53. The monoisotopic (exact) mass is 254 g/mol. The molecule has 3 heteroatoms. The Balaban J connectivity index is 2.31. The van der Waals surface area contributed by atoms with Gasteiger partial charge in [0.05, 0.1) is 0 Å². The number of rotatable bonds is 7. The van der Waals surface area contributed by atoms with Crippen molar-refractivity contribution in [2.24, 2.45) is 0 Å². The first-order valence-corrected chi connectivity index (χ1v) is 6.70. The standard InChI is InChI=1S/C14H23ClN2/c1-4-7-16-9-12(3)17-10-13-6-5-11(2)14(15)8-13/h5-6,8,12,16-17H,4,7,9-10H2,1-3H3. The van der Waals surface area contributed by atoms with Crippen LogP contribution in [0.4, 0.5) is 0 Å². The lowest BCUT2D eigenvalue weighted by molar-refractivity contribution is 0.501. The second-order valence-corrected chi connectivity index (χ2v) is 4.98. The van der Waals surface area contributed by atoms with E-state index in [0.29, 0.717) is 6.04 Å². The minimum atomic E-state index is 0.474. The van der Waals surface area contributed by atoms with Gasteiger partial charge in [-0.3, -0.25) is 0 Å². The highest BCUT2D eigenvalue weighted by molar-refractivity contribution is 6.31. The Bertz CT molecular complexity index is 339. The van der Waals surface area contributed by atoms with E-state index in [4.69, 9.17) is 11.6 Å². The molecule has 17 heavy (non-hydrogen) atoms. The summed E-state index contributed by atoms with van der Waals surface area (Å²) < 4.78 is 0. The fourth-order valence-electron chi connectivity index (χ4n) is 1.61. The van der Waals surface area contributed by atoms with Crippen molar-refractivity contribution in [3.63, 3.8) is 0 Å². The van der Waals surface area contributed by atoms with Gasteiger partial charge in [0, 0.05) is 24.2 Å². The minimum Gasteiger partial charge on any atom is -0.315 e. The normalized spacial score (nSPS) is 12.7. The predicted molar refractivity (Wildman–Crippen MR) is 75.7 cm³/mol. The number of nitrogens with one attached hydrogen (secondary N) is 2. The van der Waals surface area contributed by atoms with Crippen molar-refractivity contribution >= 4 is 11.6 Å². The summed E-state index contributed by atoms with van der Waals surface area (Å²) in [4.78, 5) is 0. The number of aryl methyl sites for hydroxylation is 1. The van der Waals surface area contributed by atoms with Gasteiger partial charge in [-0.05, 0) is 44.0 Å². The molecule has 0 aliphatic rings. The van der Waals surface area contributed by atoms with Crippen LogP contribution in [0.25, 0.3) is 0 Å². The van der Waals surface area contributed by atoms with Crippen LogP contribution in [-0.2, 0) is 6.54 Å². The topological polar surface area (TPSA) is 24.1 Å². The maximum absolute atomic E-state index is 6.09. The number of hydrogen-bond donors (Lipinski definition) is 2. The fourth-order valence-corrected chi connectivity index (χ4v) is 1.81. The maximum Gasteiger partial charge on any atom is 0.0438 e. The first kappa shape index (κ1) is 14.5. The van der Waals surface area contributed by atoms with Gasteiger partial charge in [-0.25, -0.2) is 0 Å². The average molecular weight is 255 g/mol. The van der Waals surface area contributed by atoms with E-state index in [1.807, 2.05) is 13.0 Å². The molecule has 0 spiro atoms. The van der Waals surface area contributed by atoms with Crippen LogP contribution in [-0.4, -0.2) is 19.1 Å². The number of hydrogen-bond acceptors (Lipinski definition) is 2. The summed E-state index contributed by atoms with van der Waals surface area (Å²) in [6, 6.07) is 6.71. The summed E-state index contributed by atoms with van der Waals surface area (Å²) in [5, 5.41) is 7.73. The molecule has 1 aromatic rings. The Morgan fingerprint density at radius 1 is 1.35 bits per heavy atom. The van der Waals surface area contributed by atoms with E-state index in [1.54, 1.807) is 0 Å². The molecule has 1 aromatic carbocycles. The number of benzene rings is 1. The first-order valence-electron chi connectivity index (χ1n) is 6.32. The van der Waals surface area contributed by atoms with Gasteiger partial charge in [-0.1, -0.05) is 30.7 Å². The van der Waals surface area contributed by atoms with Crippen LogP contribution in [0.15, 0.2) is 18.2 Å². The van der Waals surface area contributed by atoms with E-state index in [-0.39, 0.29) is 0 Å². The Morgan fingerprint density at radius 2 is 2.12 bits per heavy atom. The van der Waals surface area contributed by atoms with Gasteiger partial charge < -0.3 is 10.6 Å². The van der Waals surface area contributed by atoms with E-state index >= 15 is 0 Å². The largest absolute Gasteiger partial charge is 0.315 e. The quantitative estimate of drug-likeness (QED) is 0.731. The molecule has 2 N–H and O–H groups in total. The lowest BCUT2D eigenvalue weighted by Crippen LogP contribution is -2.36. The molecule has 0 heterocycles. The molecule has 0 bridgehead atoms. The highest BCUT2D eigenvalue weighted by Gasteiger charge is 2.02. The third-order valence-electron chi connectivity index (χ3n) is 2.77. The Morgan fingerprint density at radius 3 is 2.76 bits per heavy atom. The number of halogens is 1. The van der Waals surface area contributed by atoms with Gasteiger partial charge in [-0.2, -0.15) is 0 Å². The summed E-state index contributed by atoms with van der Waals surface area (Å²) in [6.07, 6.45) is 1.18. The third-order valence-corrected chi connectivity index (χ3v) is 3.18. The lowest BCUT2D eigenvalue weighted by atomic mass is 10.1. The molecule has 1 unspecified atom stereocenters. The zero-order chi connectivity index (χ0) is 12.7. The average Bonchev–Trinajstić information content (AvgIpc) is 2.31. The summed E-state index contributed by atoms with van der Waals surface area (Å²) in [7, 11) is 0. The van der Waals surface area contributed by atoms with Crippen molar-refractivity contribution < 1.29 is 0 Å². The minimum absolute atomic E-state index is 0.474. The van der Waals surface area contributed by atoms with E-state index in [1.165, 1.54) is 12.0 Å². The maximum atomic E-state index is 6.09. The molecule has 2 nitrogen and oxygen atoms in total. The lowest BCUT2D eigenvalue weighted by Gasteiger charge is -2.14. The van der Waals surface area contributed by atoms with Crippen LogP contribution >= 0.6 is 11.6 Å². The molecule has 0 saturated heterocycles. The molecular weight excluding hydrogens is 232 g/mol. The van der Waals surface area contributed by atoms with Gasteiger partial charge in [0.25, 0.3) is 0 Å². The molecule has 0 radical (unpaired) electrons. The highest BCUT2D eigenvalue weighted by Crippen LogP contribution is 2.16.